The topological polar surface area (TPSA) is 46.3 Å². The monoisotopic (exact) mass is 266 g/mol. The molecule has 3 rings (SSSR count). The highest BCUT2D eigenvalue weighted by Gasteiger charge is 2.10. The number of nitrogens with zero attached hydrogens (tertiary/aromatic N) is 2. The minimum Gasteiger partial charge on any atom is -0.436 e. The van der Waals surface area contributed by atoms with Gasteiger partial charge in [-0.15, -0.1) is 0 Å². The Labute approximate surface area is 116 Å². The van der Waals surface area contributed by atoms with Crippen LogP contribution in [0.1, 0.15) is 10.4 Å². The lowest BCUT2D eigenvalue weighted by Gasteiger charge is -2.09. The first kappa shape index (κ1) is 12.4. The van der Waals surface area contributed by atoms with E-state index in [-0.39, 0.29) is 5.91 Å². The molecule has 100 valence electrons. The molecule has 0 bridgehead atoms. The Balaban J connectivity index is 1.96. The minimum absolute atomic E-state index is 0.0193. The zero-order valence-corrected chi connectivity index (χ0v) is 11.3. The Morgan fingerprint density at radius 2 is 1.75 bits per heavy atom. The summed E-state index contributed by atoms with van der Waals surface area (Å²) < 4.78 is 5.70. The minimum atomic E-state index is -0.0193. The number of oxazole rings is 1. The van der Waals surface area contributed by atoms with E-state index in [0.717, 1.165) is 16.7 Å². The van der Waals surface area contributed by atoms with Crippen LogP contribution in [0.5, 0.6) is 0 Å². The number of fused-ring (bicyclic) bond motifs is 1. The number of hydrogen-bond acceptors (Lipinski definition) is 3. The van der Waals surface area contributed by atoms with E-state index < -0.39 is 0 Å². The number of carbonyl (C=O) groups excluding carboxylic acids is 1. The molecule has 0 saturated carbocycles. The molecular weight excluding hydrogens is 252 g/mol. The van der Waals surface area contributed by atoms with Crippen molar-refractivity contribution in [2.45, 2.75) is 0 Å². The summed E-state index contributed by atoms with van der Waals surface area (Å²) >= 11 is 0. The summed E-state index contributed by atoms with van der Waals surface area (Å²) in [4.78, 5) is 17.8. The summed E-state index contributed by atoms with van der Waals surface area (Å²) in [5.74, 6) is 0.546. The lowest BCUT2D eigenvalue weighted by Crippen LogP contribution is -2.21. The van der Waals surface area contributed by atoms with E-state index in [4.69, 9.17) is 4.42 Å². The fourth-order valence-corrected chi connectivity index (χ4v) is 2.01. The van der Waals surface area contributed by atoms with Gasteiger partial charge in [0.05, 0.1) is 0 Å². The van der Waals surface area contributed by atoms with Crippen molar-refractivity contribution in [3.05, 3.63) is 54.1 Å². The second-order valence-electron chi connectivity index (χ2n) is 4.76. The van der Waals surface area contributed by atoms with Gasteiger partial charge in [0, 0.05) is 25.2 Å². The van der Waals surface area contributed by atoms with Gasteiger partial charge in [-0.25, -0.2) is 4.98 Å². The number of aromatic nitrogens is 1. The Morgan fingerprint density at radius 3 is 2.40 bits per heavy atom. The fraction of sp³-hybridized carbons (Fsp3) is 0.125. The molecule has 0 saturated heterocycles. The van der Waals surface area contributed by atoms with Crippen LogP contribution in [0.4, 0.5) is 0 Å². The van der Waals surface area contributed by atoms with E-state index in [0.29, 0.717) is 11.5 Å². The van der Waals surface area contributed by atoms with E-state index in [9.17, 15) is 4.79 Å². The highest BCUT2D eigenvalue weighted by molar-refractivity contribution is 5.94. The predicted molar refractivity (Wildman–Crippen MR) is 77.5 cm³/mol. The van der Waals surface area contributed by atoms with Crippen molar-refractivity contribution >= 4 is 17.0 Å². The lowest BCUT2D eigenvalue weighted by atomic mass is 10.1. The Kier molecular flexibility index (Phi) is 2.99. The second-order valence-corrected chi connectivity index (χ2v) is 4.76. The summed E-state index contributed by atoms with van der Waals surface area (Å²) in [6.07, 6.45) is 0. The molecule has 0 fully saturated rings. The van der Waals surface area contributed by atoms with E-state index in [1.54, 1.807) is 31.1 Å². The van der Waals surface area contributed by atoms with Crippen molar-refractivity contribution in [3.8, 4) is 11.5 Å². The van der Waals surface area contributed by atoms with Crippen LogP contribution in [0.3, 0.4) is 0 Å². The van der Waals surface area contributed by atoms with E-state index in [1.165, 1.54) is 0 Å². The fourth-order valence-electron chi connectivity index (χ4n) is 2.01. The third kappa shape index (κ3) is 2.16. The summed E-state index contributed by atoms with van der Waals surface area (Å²) in [6, 6.07) is 14.9. The molecule has 2 aromatic carbocycles. The van der Waals surface area contributed by atoms with Gasteiger partial charge in [0.15, 0.2) is 5.58 Å². The second kappa shape index (κ2) is 4.81. The standard InChI is InChI=1S/C16H14N2O2/c1-18(2)16(19)12-9-7-11(8-10-12)15-17-13-5-3-4-6-14(13)20-15/h3-10H,1-2H3. The van der Waals surface area contributed by atoms with Gasteiger partial charge < -0.3 is 9.32 Å². The van der Waals surface area contributed by atoms with Crippen molar-refractivity contribution in [3.63, 3.8) is 0 Å². The van der Waals surface area contributed by atoms with Gasteiger partial charge in [0.25, 0.3) is 5.91 Å². The number of benzene rings is 2. The molecule has 1 aromatic heterocycles. The quantitative estimate of drug-likeness (QED) is 0.715. The maximum Gasteiger partial charge on any atom is 0.253 e. The average Bonchev–Trinajstić information content (AvgIpc) is 2.90. The maximum absolute atomic E-state index is 11.8. The van der Waals surface area contributed by atoms with Crippen LogP contribution in [-0.4, -0.2) is 29.9 Å². The predicted octanol–water partition coefficient (Wildman–Crippen LogP) is 3.20. The van der Waals surface area contributed by atoms with Crippen LogP contribution >= 0.6 is 0 Å². The molecule has 0 unspecified atom stereocenters. The number of para-hydroxylation sites is 2. The molecule has 1 heterocycles. The number of carbonyl (C=O) groups is 1. The van der Waals surface area contributed by atoms with Crippen LogP contribution in [0.25, 0.3) is 22.6 Å². The van der Waals surface area contributed by atoms with Crippen LogP contribution in [0.15, 0.2) is 52.9 Å². The summed E-state index contributed by atoms with van der Waals surface area (Å²) in [5.41, 5.74) is 3.10. The largest absolute Gasteiger partial charge is 0.436 e. The summed E-state index contributed by atoms with van der Waals surface area (Å²) in [6.45, 7) is 0. The molecule has 0 aliphatic rings. The summed E-state index contributed by atoms with van der Waals surface area (Å²) in [7, 11) is 3.47. The molecule has 0 aliphatic heterocycles. The molecule has 0 atom stereocenters. The molecule has 0 aliphatic carbocycles. The van der Waals surface area contributed by atoms with E-state index >= 15 is 0 Å². The molecule has 0 radical (unpaired) electrons. The SMILES string of the molecule is CN(C)C(=O)c1ccc(-c2nc3ccccc3o2)cc1. The number of amides is 1. The van der Waals surface area contributed by atoms with Gasteiger partial charge >= 0.3 is 0 Å². The maximum atomic E-state index is 11.8. The van der Waals surface area contributed by atoms with Gasteiger partial charge in [-0.2, -0.15) is 0 Å². The van der Waals surface area contributed by atoms with Gasteiger partial charge in [-0.3, -0.25) is 4.79 Å². The lowest BCUT2D eigenvalue weighted by molar-refractivity contribution is 0.0827. The average molecular weight is 266 g/mol. The Bertz CT molecular complexity index is 725. The van der Waals surface area contributed by atoms with Crippen LogP contribution in [0.2, 0.25) is 0 Å². The molecule has 0 spiro atoms. The molecule has 0 N–H and O–H groups in total. The highest BCUT2D eigenvalue weighted by atomic mass is 16.3. The van der Waals surface area contributed by atoms with Crippen molar-refractivity contribution in [2.75, 3.05) is 14.1 Å². The van der Waals surface area contributed by atoms with Gasteiger partial charge in [0.2, 0.25) is 5.89 Å². The third-order valence-corrected chi connectivity index (χ3v) is 3.08. The van der Waals surface area contributed by atoms with E-state index in [2.05, 4.69) is 4.98 Å². The number of rotatable bonds is 2. The summed E-state index contributed by atoms with van der Waals surface area (Å²) in [5, 5.41) is 0. The van der Waals surface area contributed by atoms with Crippen LogP contribution in [0, 0.1) is 0 Å². The first-order chi connectivity index (χ1) is 9.65. The van der Waals surface area contributed by atoms with Crippen molar-refractivity contribution in [1.29, 1.82) is 0 Å². The smallest absolute Gasteiger partial charge is 0.253 e. The zero-order valence-electron chi connectivity index (χ0n) is 11.3. The van der Waals surface area contributed by atoms with Crippen LogP contribution in [-0.2, 0) is 0 Å². The number of hydrogen-bond donors (Lipinski definition) is 0. The van der Waals surface area contributed by atoms with Gasteiger partial charge in [-0.05, 0) is 36.4 Å². The molecule has 20 heavy (non-hydrogen) atoms. The third-order valence-electron chi connectivity index (χ3n) is 3.08. The zero-order chi connectivity index (χ0) is 14.1. The first-order valence-electron chi connectivity index (χ1n) is 6.33. The van der Waals surface area contributed by atoms with Gasteiger partial charge in [0.1, 0.15) is 5.52 Å². The Hall–Kier alpha value is -2.62. The molecule has 1 amide bonds. The van der Waals surface area contributed by atoms with E-state index in [1.807, 2.05) is 36.4 Å². The van der Waals surface area contributed by atoms with Crippen molar-refractivity contribution in [2.24, 2.45) is 0 Å². The van der Waals surface area contributed by atoms with Crippen molar-refractivity contribution < 1.29 is 9.21 Å². The molecule has 4 nitrogen and oxygen atoms in total. The van der Waals surface area contributed by atoms with Gasteiger partial charge in [-0.1, -0.05) is 12.1 Å². The van der Waals surface area contributed by atoms with Crippen molar-refractivity contribution in [1.82, 2.24) is 9.88 Å². The Morgan fingerprint density at radius 1 is 1.05 bits per heavy atom. The molecular formula is C16H14N2O2. The molecule has 4 heteroatoms. The van der Waals surface area contributed by atoms with Crippen LogP contribution < -0.4 is 0 Å². The first-order valence-corrected chi connectivity index (χ1v) is 6.33. The molecule has 3 aromatic rings. The highest BCUT2D eigenvalue weighted by Crippen LogP contribution is 2.24. The normalized spacial score (nSPS) is 10.7.